The van der Waals surface area contributed by atoms with Gasteiger partial charge in [-0.05, 0) is 30.7 Å². The quantitative estimate of drug-likeness (QED) is 0.777. The molecule has 1 aromatic carbocycles. The van der Waals surface area contributed by atoms with Gasteiger partial charge in [0.2, 0.25) is 0 Å². The molecule has 0 unspecified atom stereocenters. The molecule has 0 aliphatic rings. The highest BCUT2D eigenvalue weighted by atomic mass is 35.5. The molecule has 0 spiro atoms. The summed E-state index contributed by atoms with van der Waals surface area (Å²) in [5.74, 6) is 0.530. The van der Waals surface area contributed by atoms with E-state index in [0.29, 0.717) is 28.6 Å². The molecule has 0 saturated carbocycles. The highest BCUT2D eigenvalue weighted by Crippen LogP contribution is 2.20. The predicted molar refractivity (Wildman–Crippen MR) is 81.7 cm³/mol. The molecule has 0 aliphatic carbocycles. The average molecular weight is 305 g/mol. The smallest absolute Gasteiger partial charge is 0.330 e. The minimum Gasteiger partial charge on any atom is -0.332 e. The molecule has 0 aliphatic heterocycles. The van der Waals surface area contributed by atoms with E-state index in [9.17, 15) is 9.59 Å². The molecule has 0 fully saturated rings. The van der Waals surface area contributed by atoms with Crippen LogP contribution in [0.5, 0.6) is 0 Å². The van der Waals surface area contributed by atoms with Crippen LogP contribution in [0.15, 0.2) is 33.9 Å². The Kier molecular flexibility index (Phi) is 3.39. The molecule has 2 heterocycles. The second kappa shape index (κ2) is 5.21. The molecule has 7 heteroatoms. The Morgan fingerprint density at radius 1 is 1.19 bits per heavy atom. The number of fused-ring (bicyclic) bond motifs is 1. The van der Waals surface area contributed by atoms with Crippen molar-refractivity contribution in [1.82, 2.24) is 19.5 Å². The molecule has 0 atom stereocenters. The molecule has 3 aromatic rings. The van der Waals surface area contributed by atoms with Crippen LogP contribution in [-0.2, 0) is 6.54 Å². The molecule has 0 saturated heterocycles. The number of imidazole rings is 1. The Balaban J connectivity index is 2.26. The molecule has 108 valence electrons. The van der Waals surface area contributed by atoms with Crippen molar-refractivity contribution < 1.29 is 0 Å². The number of hydrogen-bond donors (Lipinski definition) is 2. The normalized spacial score (nSPS) is 11.1. The van der Waals surface area contributed by atoms with E-state index < -0.39 is 11.2 Å². The van der Waals surface area contributed by atoms with Crippen LogP contribution in [-0.4, -0.2) is 19.5 Å². The lowest BCUT2D eigenvalue weighted by Crippen LogP contribution is -2.30. The van der Waals surface area contributed by atoms with E-state index in [1.54, 1.807) is 24.3 Å². The van der Waals surface area contributed by atoms with Crippen LogP contribution in [0.2, 0.25) is 5.02 Å². The zero-order valence-electron chi connectivity index (χ0n) is 11.3. The van der Waals surface area contributed by atoms with Gasteiger partial charge < -0.3 is 4.98 Å². The van der Waals surface area contributed by atoms with Gasteiger partial charge in [-0.3, -0.25) is 14.3 Å². The van der Waals surface area contributed by atoms with Crippen LogP contribution >= 0.6 is 11.6 Å². The summed E-state index contributed by atoms with van der Waals surface area (Å²) in [7, 11) is 0. The summed E-state index contributed by atoms with van der Waals surface area (Å²) < 4.78 is 1.46. The molecule has 2 aromatic heterocycles. The number of benzene rings is 1. The first kappa shape index (κ1) is 13.6. The van der Waals surface area contributed by atoms with E-state index in [-0.39, 0.29) is 0 Å². The summed E-state index contributed by atoms with van der Waals surface area (Å²) in [5.41, 5.74) is 0.563. The maximum absolute atomic E-state index is 11.9. The summed E-state index contributed by atoms with van der Waals surface area (Å²) in [4.78, 5) is 33.4. The summed E-state index contributed by atoms with van der Waals surface area (Å²) >= 11 is 5.86. The number of H-pyrrole nitrogens is 2. The second-order valence-electron chi connectivity index (χ2n) is 4.70. The molecular formula is C14H13ClN4O2. The van der Waals surface area contributed by atoms with Crippen molar-refractivity contribution in [3.05, 3.63) is 50.1 Å². The van der Waals surface area contributed by atoms with Crippen molar-refractivity contribution in [3.63, 3.8) is 0 Å². The van der Waals surface area contributed by atoms with Crippen LogP contribution in [0, 0.1) is 0 Å². The van der Waals surface area contributed by atoms with E-state index in [0.717, 1.165) is 12.0 Å². The molecular weight excluding hydrogens is 292 g/mol. The summed E-state index contributed by atoms with van der Waals surface area (Å²) in [6, 6.07) is 7.09. The first-order valence-electron chi connectivity index (χ1n) is 6.59. The second-order valence-corrected chi connectivity index (χ2v) is 5.14. The Morgan fingerprint density at radius 2 is 1.90 bits per heavy atom. The molecule has 0 bridgehead atoms. The summed E-state index contributed by atoms with van der Waals surface area (Å²) in [5, 5.41) is 0.621. The van der Waals surface area contributed by atoms with Gasteiger partial charge in [0.1, 0.15) is 11.3 Å². The maximum atomic E-state index is 11.9. The summed E-state index contributed by atoms with van der Waals surface area (Å²) in [6.45, 7) is 2.45. The van der Waals surface area contributed by atoms with Crippen LogP contribution in [0.1, 0.15) is 13.3 Å². The maximum Gasteiger partial charge on any atom is 0.330 e. The number of aryl methyl sites for hydroxylation is 1. The monoisotopic (exact) mass is 304 g/mol. The van der Waals surface area contributed by atoms with Crippen LogP contribution < -0.4 is 11.2 Å². The van der Waals surface area contributed by atoms with Gasteiger partial charge in [0.15, 0.2) is 5.65 Å². The SMILES string of the molecule is CCCn1c(=O)[nH]c(=O)c2[nH]c(-c3ccc(Cl)cc3)nc21. The number of nitrogens with one attached hydrogen (secondary N) is 2. The third-order valence-corrected chi connectivity index (χ3v) is 3.45. The number of rotatable bonds is 3. The van der Waals surface area contributed by atoms with Crippen molar-refractivity contribution in [2.75, 3.05) is 0 Å². The molecule has 6 nitrogen and oxygen atoms in total. The molecule has 0 radical (unpaired) electrons. The minimum atomic E-state index is -0.463. The van der Waals surface area contributed by atoms with Gasteiger partial charge in [0.25, 0.3) is 5.56 Å². The van der Waals surface area contributed by atoms with Gasteiger partial charge in [0.05, 0.1) is 0 Å². The van der Waals surface area contributed by atoms with Gasteiger partial charge >= 0.3 is 5.69 Å². The van der Waals surface area contributed by atoms with Crippen LogP contribution in [0.25, 0.3) is 22.6 Å². The fourth-order valence-corrected chi connectivity index (χ4v) is 2.34. The predicted octanol–water partition coefficient (Wildman–Crippen LogP) is 2.14. The largest absolute Gasteiger partial charge is 0.332 e. The van der Waals surface area contributed by atoms with Gasteiger partial charge in [-0.25, -0.2) is 9.78 Å². The van der Waals surface area contributed by atoms with Gasteiger partial charge in [-0.2, -0.15) is 0 Å². The van der Waals surface area contributed by atoms with Crippen molar-refractivity contribution >= 4 is 22.8 Å². The van der Waals surface area contributed by atoms with Crippen molar-refractivity contribution in [2.24, 2.45) is 0 Å². The highest BCUT2D eigenvalue weighted by molar-refractivity contribution is 6.30. The van der Waals surface area contributed by atoms with Crippen molar-refractivity contribution in [3.8, 4) is 11.4 Å². The number of hydrogen-bond acceptors (Lipinski definition) is 3. The van der Waals surface area contributed by atoms with E-state index in [1.165, 1.54) is 4.57 Å². The van der Waals surface area contributed by atoms with Gasteiger partial charge in [-0.15, -0.1) is 0 Å². The van der Waals surface area contributed by atoms with Crippen LogP contribution in [0.3, 0.4) is 0 Å². The van der Waals surface area contributed by atoms with Crippen molar-refractivity contribution in [2.45, 2.75) is 19.9 Å². The highest BCUT2D eigenvalue weighted by Gasteiger charge is 2.13. The lowest BCUT2D eigenvalue weighted by atomic mass is 10.2. The Hall–Kier alpha value is -2.34. The van der Waals surface area contributed by atoms with Gasteiger partial charge in [0, 0.05) is 17.1 Å². The molecule has 0 amide bonds. The molecule has 2 N–H and O–H groups in total. The lowest BCUT2D eigenvalue weighted by molar-refractivity contribution is 0.653. The number of aromatic nitrogens is 4. The Bertz CT molecular complexity index is 905. The first-order chi connectivity index (χ1) is 10.1. The zero-order valence-corrected chi connectivity index (χ0v) is 12.1. The average Bonchev–Trinajstić information content (AvgIpc) is 2.90. The number of aromatic amines is 2. The third kappa shape index (κ3) is 2.38. The van der Waals surface area contributed by atoms with Crippen LogP contribution in [0.4, 0.5) is 0 Å². The van der Waals surface area contributed by atoms with E-state index in [4.69, 9.17) is 11.6 Å². The zero-order chi connectivity index (χ0) is 15.0. The first-order valence-corrected chi connectivity index (χ1v) is 6.96. The number of halogens is 1. The third-order valence-electron chi connectivity index (χ3n) is 3.20. The molecule has 21 heavy (non-hydrogen) atoms. The Morgan fingerprint density at radius 3 is 2.57 bits per heavy atom. The minimum absolute atomic E-state index is 0.299. The van der Waals surface area contributed by atoms with E-state index >= 15 is 0 Å². The molecule has 3 rings (SSSR count). The fraction of sp³-hybridized carbons (Fsp3) is 0.214. The van der Waals surface area contributed by atoms with E-state index in [1.807, 2.05) is 6.92 Å². The Labute approximate surface area is 124 Å². The van der Waals surface area contributed by atoms with E-state index in [2.05, 4.69) is 15.0 Å². The lowest BCUT2D eigenvalue weighted by Gasteiger charge is -2.02. The topological polar surface area (TPSA) is 83.5 Å². The number of nitrogens with zero attached hydrogens (tertiary/aromatic N) is 2. The standard InChI is InChI=1S/C14H13ClN4O2/c1-2-7-19-12-10(13(20)18-14(19)21)16-11(17-12)8-3-5-9(15)6-4-8/h3-6H,2,7H2,1H3,(H,16,17)(H,18,20,21). The fourth-order valence-electron chi connectivity index (χ4n) is 2.22. The van der Waals surface area contributed by atoms with Gasteiger partial charge in [-0.1, -0.05) is 18.5 Å². The van der Waals surface area contributed by atoms with Crippen molar-refractivity contribution in [1.29, 1.82) is 0 Å². The summed E-state index contributed by atoms with van der Waals surface area (Å²) in [6.07, 6.45) is 0.768.